The number of aliphatic carboxylic acids is 1. The third-order valence-electron chi connectivity index (χ3n) is 3.28. The highest BCUT2D eigenvalue weighted by Crippen LogP contribution is 2.46. The van der Waals surface area contributed by atoms with E-state index in [4.69, 9.17) is 5.11 Å². The van der Waals surface area contributed by atoms with Crippen molar-refractivity contribution in [2.24, 2.45) is 11.3 Å². The molecule has 0 bridgehead atoms. The molecule has 1 unspecified atom stereocenters. The molecule has 2 N–H and O–H groups in total. The monoisotopic (exact) mass is 197 g/mol. The molecule has 4 heteroatoms. The second-order valence-electron chi connectivity index (χ2n) is 4.49. The second-order valence-corrected chi connectivity index (χ2v) is 4.49. The number of carboxylic acid groups (broad SMARTS) is 1. The molecule has 0 saturated heterocycles. The van der Waals surface area contributed by atoms with Gasteiger partial charge in [0, 0.05) is 6.04 Å². The van der Waals surface area contributed by atoms with Crippen LogP contribution < -0.4 is 5.32 Å². The number of amides is 1. The Hall–Kier alpha value is -1.06. The first-order chi connectivity index (χ1) is 6.56. The minimum Gasteiger partial charge on any atom is -0.480 e. The quantitative estimate of drug-likeness (QED) is 0.654. The molecule has 2 aliphatic carbocycles. The van der Waals surface area contributed by atoms with Crippen molar-refractivity contribution in [1.82, 2.24) is 5.32 Å². The third-order valence-corrected chi connectivity index (χ3v) is 3.28. The lowest BCUT2D eigenvalue weighted by molar-refractivity contribution is -0.149. The van der Waals surface area contributed by atoms with Crippen molar-refractivity contribution >= 4 is 11.9 Å². The minimum absolute atomic E-state index is 0.138. The van der Waals surface area contributed by atoms with E-state index in [-0.39, 0.29) is 11.9 Å². The maximum Gasteiger partial charge on any atom is 0.319 e. The maximum atomic E-state index is 11.6. The molecule has 78 valence electrons. The van der Waals surface area contributed by atoms with Crippen LogP contribution in [0.5, 0.6) is 0 Å². The van der Waals surface area contributed by atoms with E-state index in [1.54, 1.807) is 0 Å². The lowest BCUT2D eigenvalue weighted by Crippen LogP contribution is -2.42. The lowest BCUT2D eigenvalue weighted by Gasteiger charge is -2.16. The number of rotatable bonds is 4. The average Bonchev–Trinajstić information content (AvgIpc) is 2.99. The van der Waals surface area contributed by atoms with Gasteiger partial charge in [0.05, 0.1) is 0 Å². The Morgan fingerprint density at radius 1 is 1.43 bits per heavy atom. The summed E-state index contributed by atoms with van der Waals surface area (Å²) >= 11 is 0. The summed E-state index contributed by atoms with van der Waals surface area (Å²) in [6, 6.07) is 0.138. The molecule has 0 heterocycles. The molecule has 1 atom stereocenters. The Bertz CT molecular complexity index is 279. The topological polar surface area (TPSA) is 66.4 Å². The third kappa shape index (κ3) is 1.49. The summed E-state index contributed by atoms with van der Waals surface area (Å²) in [5, 5.41) is 11.7. The Morgan fingerprint density at radius 2 is 2.00 bits per heavy atom. The molecule has 0 radical (unpaired) electrons. The highest BCUT2D eigenvalue weighted by Gasteiger charge is 2.57. The van der Waals surface area contributed by atoms with Crippen LogP contribution in [0.2, 0.25) is 0 Å². The van der Waals surface area contributed by atoms with E-state index >= 15 is 0 Å². The van der Waals surface area contributed by atoms with Crippen molar-refractivity contribution < 1.29 is 14.7 Å². The maximum absolute atomic E-state index is 11.6. The summed E-state index contributed by atoms with van der Waals surface area (Å²) in [4.78, 5) is 22.5. The van der Waals surface area contributed by atoms with E-state index in [2.05, 4.69) is 5.32 Å². The van der Waals surface area contributed by atoms with Gasteiger partial charge in [-0.15, -0.1) is 0 Å². The smallest absolute Gasteiger partial charge is 0.319 e. The van der Waals surface area contributed by atoms with Crippen LogP contribution in [0.15, 0.2) is 0 Å². The van der Waals surface area contributed by atoms with Gasteiger partial charge in [0.15, 0.2) is 0 Å². The van der Waals surface area contributed by atoms with Crippen LogP contribution in [0.1, 0.15) is 32.6 Å². The summed E-state index contributed by atoms with van der Waals surface area (Å²) in [6.45, 7) is 1.95. The molecule has 2 rings (SSSR count). The molecule has 2 fully saturated rings. The molecule has 0 aromatic heterocycles. The molecule has 0 aliphatic heterocycles. The van der Waals surface area contributed by atoms with Gasteiger partial charge in [0.25, 0.3) is 0 Å². The number of carbonyl (C=O) groups excluding carboxylic acids is 1. The van der Waals surface area contributed by atoms with Crippen LogP contribution in [-0.4, -0.2) is 23.0 Å². The van der Waals surface area contributed by atoms with Gasteiger partial charge >= 0.3 is 5.97 Å². The average molecular weight is 197 g/mol. The number of carboxylic acids is 1. The van der Waals surface area contributed by atoms with Crippen molar-refractivity contribution in [2.75, 3.05) is 0 Å². The first-order valence-electron chi connectivity index (χ1n) is 5.10. The van der Waals surface area contributed by atoms with Gasteiger partial charge in [0.2, 0.25) is 5.91 Å². The highest BCUT2D eigenvalue weighted by molar-refractivity contribution is 6.04. The number of nitrogens with one attached hydrogen (secondary N) is 1. The van der Waals surface area contributed by atoms with E-state index in [9.17, 15) is 9.59 Å². The van der Waals surface area contributed by atoms with Gasteiger partial charge in [-0.2, -0.15) is 0 Å². The zero-order valence-electron chi connectivity index (χ0n) is 8.25. The normalized spacial score (nSPS) is 25.2. The van der Waals surface area contributed by atoms with Gasteiger partial charge in [-0.05, 0) is 38.5 Å². The summed E-state index contributed by atoms with van der Waals surface area (Å²) in [6.07, 6.45) is 3.29. The molecular formula is C10H15NO3. The first kappa shape index (κ1) is 9.49. The van der Waals surface area contributed by atoms with Crippen molar-refractivity contribution in [3.8, 4) is 0 Å². The zero-order valence-corrected chi connectivity index (χ0v) is 8.25. The fourth-order valence-corrected chi connectivity index (χ4v) is 1.72. The van der Waals surface area contributed by atoms with E-state index in [1.807, 2.05) is 6.92 Å². The number of carbonyl (C=O) groups is 2. The van der Waals surface area contributed by atoms with Gasteiger partial charge in [0.1, 0.15) is 5.41 Å². The van der Waals surface area contributed by atoms with Gasteiger partial charge in [-0.25, -0.2) is 0 Å². The van der Waals surface area contributed by atoms with Gasteiger partial charge in [-0.3, -0.25) is 9.59 Å². The van der Waals surface area contributed by atoms with Crippen molar-refractivity contribution in [3.05, 3.63) is 0 Å². The van der Waals surface area contributed by atoms with Crippen LogP contribution in [-0.2, 0) is 9.59 Å². The van der Waals surface area contributed by atoms with Crippen LogP contribution >= 0.6 is 0 Å². The lowest BCUT2D eigenvalue weighted by atomic mass is 10.1. The fourth-order valence-electron chi connectivity index (χ4n) is 1.72. The predicted molar refractivity (Wildman–Crippen MR) is 49.6 cm³/mol. The number of hydrogen-bond acceptors (Lipinski definition) is 2. The van der Waals surface area contributed by atoms with Crippen LogP contribution in [0.4, 0.5) is 0 Å². The Labute approximate surface area is 82.7 Å². The van der Waals surface area contributed by atoms with Gasteiger partial charge < -0.3 is 10.4 Å². The molecule has 0 aromatic rings. The fraction of sp³-hybridized carbons (Fsp3) is 0.800. The van der Waals surface area contributed by atoms with Crippen LogP contribution in [0.25, 0.3) is 0 Å². The molecule has 0 spiro atoms. The highest BCUT2D eigenvalue weighted by atomic mass is 16.4. The molecule has 2 aliphatic rings. The van der Waals surface area contributed by atoms with Gasteiger partial charge in [-0.1, -0.05) is 0 Å². The van der Waals surface area contributed by atoms with E-state index in [1.165, 1.54) is 0 Å². The summed E-state index contributed by atoms with van der Waals surface area (Å²) in [5.41, 5.74) is -1.08. The summed E-state index contributed by atoms with van der Waals surface area (Å²) in [7, 11) is 0. The van der Waals surface area contributed by atoms with E-state index in [0.717, 1.165) is 12.8 Å². The van der Waals surface area contributed by atoms with Crippen LogP contribution in [0, 0.1) is 11.3 Å². The second kappa shape index (κ2) is 2.97. The largest absolute Gasteiger partial charge is 0.480 e. The number of hydrogen-bond donors (Lipinski definition) is 2. The molecule has 2 saturated carbocycles. The zero-order chi connectivity index (χ0) is 10.3. The SMILES string of the molecule is CC(NC(=O)C1(C(=O)O)CC1)C1CC1. The minimum atomic E-state index is -1.08. The van der Waals surface area contributed by atoms with Crippen molar-refractivity contribution in [2.45, 2.75) is 38.6 Å². The van der Waals surface area contributed by atoms with Crippen LogP contribution in [0.3, 0.4) is 0 Å². The Morgan fingerprint density at radius 3 is 2.36 bits per heavy atom. The summed E-state index contributed by atoms with van der Waals surface area (Å²) < 4.78 is 0. The first-order valence-corrected chi connectivity index (χ1v) is 5.10. The molecule has 0 aromatic carbocycles. The molecular weight excluding hydrogens is 182 g/mol. The Balaban J connectivity index is 1.91. The standard InChI is InChI=1S/C10H15NO3/c1-6(7-2-3-7)11-8(12)10(4-5-10)9(13)14/h6-7H,2-5H2,1H3,(H,11,12)(H,13,14). The van der Waals surface area contributed by atoms with Crippen molar-refractivity contribution in [1.29, 1.82) is 0 Å². The van der Waals surface area contributed by atoms with E-state index < -0.39 is 11.4 Å². The van der Waals surface area contributed by atoms with E-state index in [0.29, 0.717) is 18.8 Å². The Kier molecular flexibility index (Phi) is 2.01. The summed E-state index contributed by atoms with van der Waals surface area (Å²) in [5.74, 6) is -0.689. The predicted octanol–water partition coefficient (Wildman–Crippen LogP) is 0.766. The molecule has 1 amide bonds. The molecule has 4 nitrogen and oxygen atoms in total. The van der Waals surface area contributed by atoms with Crippen molar-refractivity contribution in [3.63, 3.8) is 0 Å². The molecule has 14 heavy (non-hydrogen) atoms.